The molecule has 0 fully saturated rings. The topological polar surface area (TPSA) is 43.6 Å². The smallest absolute Gasteiger partial charge is 0.159 e. The van der Waals surface area contributed by atoms with Crippen LogP contribution in [0.15, 0.2) is 73.2 Å². The van der Waals surface area contributed by atoms with E-state index >= 15 is 0 Å². The van der Waals surface area contributed by atoms with Crippen molar-refractivity contribution in [2.45, 2.75) is 0 Å². The Morgan fingerprint density at radius 1 is 0.760 bits per heavy atom. The summed E-state index contributed by atoms with van der Waals surface area (Å²) in [6.45, 7) is 0. The van der Waals surface area contributed by atoms with Gasteiger partial charge in [0.2, 0.25) is 0 Å². The van der Waals surface area contributed by atoms with Crippen LogP contribution in [0.25, 0.3) is 34.0 Å². The van der Waals surface area contributed by atoms with E-state index in [0.29, 0.717) is 11.4 Å². The third kappa shape index (κ3) is 2.92. The number of nitrogens with zero attached hydrogens (tertiary/aromatic N) is 4. The summed E-state index contributed by atoms with van der Waals surface area (Å²) in [7, 11) is 1.96. The van der Waals surface area contributed by atoms with Crippen molar-refractivity contribution in [1.82, 2.24) is 19.5 Å². The fraction of sp³-hybridized carbons (Fsp3) is 0.0500. The summed E-state index contributed by atoms with van der Waals surface area (Å²) < 4.78 is 15.4. The molecule has 0 aliphatic rings. The molecule has 0 aliphatic heterocycles. The van der Waals surface area contributed by atoms with Gasteiger partial charge in [-0.2, -0.15) is 0 Å². The predicted octanol–water partition coefficient (Wildman–Crippen LogP) is 4.35. The first-order chi connectivity index (χ1) is 12.2. The van der Waals surface area contributed by atoms with E-state index < -0.39 is 0 Å². The second kappa shape index (κ2) is 6.28. The molecule has 25 heavy (non-hydrogen) atoms. The summed E-state index contributed by atoms with van der Waals surface area (Å²) in [4.78, 5) is 13.3. The summed E-state index contributed by atoms with van der Waals surface area (Å²) in [5.74, 6) is 1.07. The van der Waals surface area contributed by atoms with E-state index in [9.17, 15) is 4.39 Å². The molecule has 0 saturated heterocycles. The highest BCUT2D eigenvalue weighted by Gasteiger charge is 2.11. The lowest BCUT2D eigenvalue weighted by molar-refractivity contribution is 0.628. The van der Waals surface area contributed by atoms with E-state index in [4.69, 9.17) is 0 Å². The fourth-order valence-electron chi connectivity index (χ4n) is 2.77. The molecule has 0 N–H and O–H groups in total. The van der Waals surface area contributed by atoms with Gasteiger partial charge in [-0.15, -0.1) is 0 Å². The molecule has 0 atom stereocenters. The minimum atomic E-state index is -0.302. The van der Waals surface area contributed by atoms with Crippen molar-refractivity contribution in [2.75, 3.05) is 0 Å². The molecular formula is C20H15FN4. The van der Waals surface area contributed by atoms with Crippen LogP contribution >= 0.6 is 0 Å². The van der Waals surface area contributed by atoms with Crippen LogP contribution in [0, 0.1) is 5.82 Å². The largest absolute Gasteiger partial charge is 0.327 e. The molecule has 0 aliphatic carbocycles. The van der Waals surface area contributed by atoms with Crippen molar-refractivity contribution in [3.63, 3.8) is 0 Å². The lowest BCUT2D eigenvalue weighted by Gasteiger charge is -2.06. The molecule has 2 aromatic heterocycles. The van der Waals surface area contributed by atoms with Crippen LogP contribution in [-0.2, 0) is 7.05 Å². The monoisotopic (exact) mass is 330 g/mol. The molecule has 0 bridgehead atoms. The molecule has 5 heteroatoms. The first-order valence-corrected chi connectivity index (χ1v) is 7.88. The van der Waals surface area contributed by atoms with E-state index in [1.807, 2.05) is 48.1 Å². The number of imidazole rings is 1. The van der Waals surface area contributed by atoms with Crippen molar-refractivity contribution >= 4 is 0 Å². The number of rotatable bonds is 3. The van der Waals surface area contributed by atoms with Gasteiger partial charge in [-0.1, -0.05) is 42.5 Å². The number of halogens is 1. The van der Waals surface area contributed by atoms with Gasteiger partial charge in [0.15, 0.2) is 5.82 Å². The number of hydrogen-bond donors (Lipinski definition) is 0. The Labute approximate surface area is 144 Å². The summed E-state index contributed by atoms with van der Waals surface area (Å²) in [6.07, 6.45) is 5.28. The Kier molecular flexibility index (Phi) is 3.82. The predicted molar refractivity (Wildman–Crippen MR) is 95.1 cm³/mol. The molecule has 0 unspecified atom stereocenters. The Balaban J connectivity index is 1.68. The molecule has 0 radical (unpaired) electrons. The van der Waals surface area contributed by atoms with Crippen molar-refractivity contribution in [3.8, 4) is 34.0 Å². The normalized spacial score (nSPS) is 10.8. The van der Waals surface area contributed by atoms with E-state index in [0.717, 1.165) is 22.6 Å². The molecular weight excluding hydrogens is 315 g/mol. The quantitative estimate of drug-likeness (QED) is 0.561. The molecule has 2 heterocycles. The summed E-state index contributed by atoms with van der Waals surface area (Å²) >= 11 is 0. The minimum Gasteiger partial charge on any atom is -0.327 e. The third-order valence-corrected chi connectivity index (χ3v) is 4.05. The fourth-order valence-corrected chi connectivity index (χ4v) is 2.77. The Hall–Kier alpha value is -3.34. The molecule has 0 amide bonds. The van der Waals surface area contributed by atoms with Crippen LogP contribution in [0.5, 0.6) is 0 Å². The first kappa shape index (κ1) is 15.2. The number of hydrogen-bond acceptors (Lipinski definition) is 3. The lowest BCUT2D eigenvalue weighted by Crippen LogP contribution is -1.97. The molecule has 0 spiro atoms. The van der Waals surface area contributed by atoms with Crippen LogP contribution in [-0.4, -0.2) is 19.5 Å². The molecule has 122 valence electrons. The first-order valence-electron chi connectivity index (χ1n) is 7.88. The van der Waals surface area contributed by atoms with Crippen molar-refractivity contribution in [1.29, 1.82) is 0 Å². The van der Waals surface area contributed by atoms with Crippen LogP contribution in [0.2, 0.25) is 0 Å². The standard InChI is InChI=1S/C20H15FN4/c1-25-18(13-24-20(25)14-6-3-2-4-7-14)16-11-22-19(23-12-16)15-8-5-9-17(21)10-15/h2-13H,1H3. The maximum Gasteiger partial charge on any atom is 0.159 e. The van der Waals surface area contributed by atoms with Gasteiger partial charge in [0.25, 0.3) is 0 Å². The van der Waals surface area contributed by atoms with Crippen LogP contribution in [0.4, 0.5) is 4.39 Å². The van der Waals surface area contributed by atoms with E-state index in [-0.39, 0.29) is 5.82 Å². The zero-order valence-corrected chi connectivity index (χ0v) is 13.6. The zero-order chi connectivity index (χ0) is 17.2. The molecule has 0 saturated carbocycles. The summed E-state index contributed by atoms with van der Waals surface area (Å²) in [6, 6.07) is 16.3. The lowest BCUT2D eigenvalue weighted by atomic mass is 10.2. The number of aromatic nitrogens is 4. The maximum absolute atomic E-state index is 13.3. The maximum atomic E-state index is 13.3. The van der Waals surface area contributed by atoms with Crippen molar-refractivity contribution in [2.24, 2.45) is 7.05 Å². The Morgan fingerprint density at radius 3 is 2.20 bits per heavy atom. The number of benzene rings is 2. The van der Waals surface area contributed by atoms with Gasteiger partial charge in [-0.25, -0.2) is 19.3 Å². The van der Waals surface area contributed by atoms with Gasteiger partial charge in [0.05, 0.1) is 11.9 Å². The van der Waals surface area contributed by atoms with Crippen LogP contribution in [0.1, 0.15) is 0 Å². The van der Waals surface area contributed by atoms with Gasteiger partial charge >= 0.3 is 0 Å². The average molecular weight is 330 g/mol. The zero-order valence-electron chi connectivity index (χ0n) is 13.6. The molecule has 4 nitrogen and oxygen atoms in total. The SMILES string of the molecule is Cn1c(-c2cnc(-c3cccc(F)c3)nc2)cnc1-c1ccccc1. The van der Waals surface area contributed by atoms with E-state index in [1.54, 1.807) is 24.5 Å². The summed E-state index contributed by atoms with van der Waals surface area (Å²) in [5, 5.41) is 0. The Morgan fingerprint density at radius 2 is 1.48 bits per heavy atom. The van der Waals surface area contributed by atoms with Crippen molar-refractivity contribution < 1.29 is 4.39 Å². The average Bonchev–Trinajstić information content (AvgIpc) is 3.04. The van der Waals surface area contributed by atoms with Crippen LogP contribution in [0.3, 0.4) is 0 Å². The van der Waals surface area contributed by atoms with Crippen LogP contribution < -0.4 is 0 Å². The third-order valence-electron chi connectivity index (χ3n) is 4.05. The van der Waals surface area contributed by atoms with Gasteiger partial charge in [0, 0.05) is 36.1 Å². The highest BCUT2D eigenvalue weighted by molar-refractivity contribution is 5.65. The van der Waals surface area contributed by atoms with Gasteiger partial charge in [-0.3, -0.25) is 0 Å². The van der Waals surface area contributed by atoms with Crippen molar-refractivity contribution in [3.05, 3.63) is 79.0 Å². The molecule has 2 aromatic carbocycles. The summed E-state index contributed by atoms with van der Waals surface area (Å²) in [5.41, 5.74) is 3.48. The molecule has 4 aromatic rings. The minimum absolute atomic E-state index is 0.302. The van der Waals surface area contributed by atoms with Gasteiger partial charge < -0.3 is 4.57 Å². The highest BCUT2D eigenvalue weighted by Crippen LogP contribution is 2.25. The second-order valence-electron chi connectivity index (χ2n) is 5.70. The van der Waals surface area contributed by atoms with Gasteiger partial charge in [0.1, 0.15) is 11.6 Å². The van der Waals surface area contributed by atoms with Gasteiger partial charge in [-0.05, 0) is 12.1 Å². The van der Waals surface area contributed by atoms with E-state index in [2.05, 4.69) is 15.0 Å². The highest BCUT2D eigenvalue weighted by atomic mass is 19.1. The molecule has 4 rings (SSSR count). The van der Waals surface area contributed by atoms with E-state index in [1.165, 1.54) is 12.1 Å². The second-order valence-corrected chi connectivity index (χ2v) is 5.70. The Bertz CT molecular complexity index is 1010.